The quantitative estimate of drug-likeness (QED) is 0.801. The van der Waals surface area contributed by atoms with Gasteiger partial charge in [-0.1, -0.05) is 52.0 Å². The molecular formula is C19H27NS. The zero-order valence-corrected chi connectivity index (χ0v) is 14.9. The lowest BCUT2D eigenvalue weighted by Crippen LogP contribution is -2.26. The van der Waals surface area contributed by atoms with Crippen molar-refractivity contribution in [1.82, 2.24) is 5.32 Å². The predicted molar refractivity (Wildman–Crippen MR) is 94.5 cm³/mol. The normalized spacial score (nSPS) is 13.4. The van der Waals surface area contributed by atoms with Gasteiger partial charge in [0, 0.05) is 9.75 Å². The van der Waals surface area contributed by atoms with E-state index in [1.165, 1.54) is 26.4 Å². The zero-order chi connectivity index (χ0) is 15.6. The fraction of sp³-hybridized carbons (Fsp3) is 0.474. The predicted octanol–water partition coefficient (Wildman–Crippen LogP) is 5.36. The van der Waals surface area contributed by atoms with Crippen LogP contribution in [0.4, 0.5) is 0 Å². The van der Waals surface area contributed by atoms with Crippen LogP contribution in [0.15, 0.2) is 30.3 Å². The minimum Gasteiger partial charge on any atom is -0.306 e. The van der Waals surface area contributed by atoms with E-state index in [0.29, 0.717) is 0 Å². The fourth-order valence-electron chi connectivity index (χ4n) is 2.96. The van der Waals surface area contributed by atoms with Gasteiger partial charge in [-0.05, 0) is 48.6 Å². The molecule has 0 aliphatic rings. The van der Waals surface area contributed by atoms with Crippen LogP contribution >= 0.6 is 11.3 Å². The molecule has 1 unspecified atom stereocenters. The Balaban J connectivity index is 2.56. The highest BCUT2D eigenvalue weighted by Crippen LogP contribution is 2.36. The van der Waals surface area contributed by atoms with Gasteiger partial charge in [0.05, 0.1) is 6.04 Å². The van der Waals surface area contributed by atoms with Gasteiger partial charge in [-0.15, -0.1) is 11.3 Å². The molecule has 0 radical (unpaired) electrons. The van der Waals surface area contributed by atoms with Crippen LogP contribution in [0, 0.1) is 13.8 Å². The molecule has 114 valence electrons. The summed E-state index contributed by atoms with van der Waals surface area (Å²) in [7, 11) is 0. The second kappa shape index (κ2) is 6.33. The molecule has 0 spiro atoms. The lowest BCUT2D eigenvalue weighted by molar-refractivity contribution is 0.557. The molecule has 2 aromatic rings. The molecule has 2 rings (SSSR count). The maximum Gasteiger partial charge on any atom is 0.0590 e. The first-order valence-electron chi connectivity index (χ1n) is 7.74. The first-order chi connectivity index (χ1) is 9.84. The van der Waals surface area contributed by atoms with Crippen molar-refractivity contribution < 1.29 is 0 Å². The number of rotatable bonds is 4. The van der Waals surface area contributed by atoms with Crippen LogP contribution in [0.3, 0.4) is 0 Å². The molecule has 0 aliphatic heterocycles. The van der Waals surface area contributed by atoms with E-state index in [1.54, 1.807) is 0 Å². The molecule has 0 amide bonds. The van der Waals surface area contributed by atoms with Crippen LogP contribution in [0.1, 0.15) is 60.2 Å². The first kappa shape index (κ1) is 16.3. The minimum absolute atomic E-state index is 0.156. The maximum absolute atomic E-state index is 3.69. The van der Waals surface area contributed by atoms with Crippen molar-refractivity contribution in [2.24, 2.45) is 0 Å². The fourth-order valence-corrected chi connectivity index (χ4v) is 3.92. The summed E-state index contributed by atoms with van der Waals surface area (Å²) >= 11 is 1.89. The summed E-state index contributed by atoms with van der Waals surface area (Å²) in [6, 6.07) is 11.5. The van der Waals surface area contributed by atoms with E-state index < -0.39 is 0 Å². The summed E-state index contributed by atoms with van der Waals surface area (Å²) < 4.78 is 0. The molecule has 1 heterocycles. The van der Waals surface area contributed by atoms with Gasteiger partial charge in [0.2, 0.25) is 0 Å². The number of benzene rings is 1. The van der Waals surface area contributed by atoms with Gasteiger partial charge in [0.25, 0.3) is 0 Å². The van der Waals surface area contributed by atoms with Crippen molar-refractivity contribution in [3.8, 4) is 0 Å². The molecule has 0 fully saturated rings. The second-order valence-corrected chi connectivity index (χ2v) is 8.16. The highest BCUT2D eigenvalue weighted by atomic mass is 32.1. The van der Waals surface area contributed by atoms with Crippen LogP contribution in [0.25, 0.3) is 0 Å². The lowest BCUT2D eigenvalue weighted by atomic mass is 9.80. The summed E-state index contributed by atoms with van der Waals surface area (Å²) in [5, 5.41) is 3.69. The molecule has 1 aromatic heterocycles. The summed E-state index contributed by atoms with van der Waals surface area (Å²) in [6.07, 6.45) is 0. The smallest absolute Gasteiger partial charge is 0.0590 e. The van der Waals surface area contributed by atoms with Crippen LogP contribution < -0.4 is 5.32 Å². The van der Waals surface area contributed by atoms with Gasteiger partial charge in [0.15, 0.2) is 0 Å². The first-order valence-corrected chi connectivity index (χ1v) is 8.56. The molecule has 21 heavy (non-hydrogen) atoms. The van der Waals surface area contributed by atoms with E-state index in [-0.39, 0.29) is 11.5 Å². The minimum atomic E-state index is 0.156. The van der Waals surface area contributed by atoms with Crippen molar-refractivity contribution >= 4 is 11.3 Å². The van der Waals surface area contributed by atoms with E-state index in [4.69, 9.17) is 0 Å². The third-order valence-electron chi connectivity index (χ3n) is 3.88. The Morgan fingerprint density at radius 3 is 2.29 bits per heavy atom. The van der Waals surface area contributed by atoms with Crippen molar-refractivity contribution in [2.75, 3.05) is 6.54 Å². The Hall–Kier alpha value is -1.12. The van der Waals surface area contributed by atoms with Crippen LogP contribution in [-0.2, 0) is 5.41 Å². The molecule has 1 aromatic carbocycles. The third-order valence-corrected chi connectivity index (χ3v) is 4.86. The number of nitrogens with one attached hydrogen (secondary N) is 1. The monoisotopic (exact) mass is 301 g/mol. The molecular weight excluding hydrogens is 274 g/mol. The largest absolute Gasteiger partial charge is 0.306 e. The molecule has 1 N–H and O–H groups in total. The lowest BCUT2D eigenvalue weighted by Gasteiger charge is -2.28. The van der Waals surface area contributed by atoms with Gasteiger partial charge in [-0.2, -0.15) is 0 Å². The number of hydrogen-bond acceptors (Lipinski definition) is 2. The molecule has 1 atom stereocenters. The summed E-state index contributed by atoms with van der Waals surface area (Å²) in [5.74, 6) is 0. The maximum atomic E-state index is 3.69. The SMILES string of the molecule is CCNC(c1ccccc1C(C)(C)C)c1cc(C)sc1C. The van der Waals surface area contributed by atoms with E-state index in [0.717, 1.165) is 6.54 Å². The number of thiophene rings is 1. The third kappa shape index (κ3) is 3.56. The van der Waals surface area contributed by atoms with E-state index in [2.05, 4.69) is 77.2 Å². The Morgan fingerprint density at radius 2 is 1.76 bits per heavy atom. The molecule has 0 aliphatic carbocycles. The molecule has 2 heteroatoms. The second-order valence-electron chi connectivity index (χ2n) is 6.70. The molecule has 0 saturated carbocycles. The summed E-state index contributed by atoms with van der Waals surface area (Å²) in [5.41, 5.74) is 4.42. The van der Waals surface area contributed by atoms with E-state index >= 15 is 0 Å². The van der Waals surface area contributed by atoms with E-state index in [1.807, 2.05) is 11.3 Å². The van der Waals surface area contributed by atoms with Gasteiger partial charge in [-0.3, -0.25) is 0 Å². The average Bonchev–Trinajstić information content (AvgIpc) is 2.74. The van der Waals surface area contributed by atoms with Gasteiger partial charge in [-0.25, -0.2) is 0 Å². The van der Waals surface area contributed by atoms with Crippen molar-refractivity contribution in [1.29, 1.82) is 0 Å². The number of aryl methyl sites for hydroxylation is 2. The van der Waals surface area contributed by atoms with Crippen molar-refractivity contribution in [3.05, 3.63) is 56.8 Å². The topological polar surface area (TPSA) is 12.0 Å². The van der Waals surface area contributed by atoms with Crippen LogP contribution in [0.5, 0.6) is 0 Å². The summed E-state index contributed by atoms with van der Waals surface area (Å²) in [4.78, 5) is 2.81. The molecule has 1 nitrogen and oxygen atoms in total. The average molecular weight is 301 g/mol. The van der Waals surface area contributed by atoms with Gasteiger partial charge >= 0.3 is 0 Å². The van der Waals surface area contributed by atoms with Crippen molar-refractivity contribution in [3.63, 3.8) is 0 Å². The Bertz CT molecular complexity index is 604. The van der Waals surface area contributed by atoms with Crippen LogP contribution in [0.2, 0.25) is 0 Å². The van der Waals surface area contributed by atoms with Crippen molar-refractivity contribution in [2.45, 2.75) is 53.0 Å². The Kier molecular flexibility index (Phi) is 4.90. The standard InChI is InChI=1S/C19H27NS/c1-7-20-18(16-12-13(2)21-14(16)3)15-10-8-9-11-17(15)19(4,5)6/h8-12,18,20H,7H2,1-6H3. The molecule has 0 saturated heterocycles. The Morgan fingerprint density at radius 1 is 1.10 bits per heavy atom. The molecule has 0 bridgehead atoms. The Labute approximate surface area is 133 Å². The number of hydrogen-bond donors (Lipinski definition) is 1. The van der Waals surface area contributed by atoms with Gasteiger partial charge < -0.3 is 5.32 Å². The van der Waals surface area contributed by atoms with Gasteiger partial charge in [0.1, 0.15) is 0 Å². The zero-order valence-electron chi connectivity index (χ0n) is 14.1. The highest BCUT2D eigenvalue weighted by Gasteiger charge is 2.24. The van der Waals surface area contributed by atoms with E-state index in [9.17, 15) is 0 Å². The van der Waals surface area contributed by atoms with Crippen LogP contribution in [-0.4, -0.2) is 6.54 Å². The summed E-state index contributed by atoms with van der Waals surface area (Å²) in [6.45, 7) is 14.5. The highest BCUT2D eigenvalue weighted by molar-refractivity contribution is 7.12.